The number of carbonyl (C=O) groups is 2. The first-order valence-electron chi connectivity index (χ1n) is 10.2. The number of thiophene rings is 1. The normalized spacial score (nSPS) is 10.7. The second-order valence-corrected chi connectivity index (χ2v) is 8.77. The Bertz CT molecular complexity index is 1270. The number of nitrogens with zero attached hydrogens (tertiary/aromatic N) is 2. The van der Waals surface area contributed by atoms with E-state index in [1.165, 1.54) is 11.3 Å². The molecule has 2 aromatic heterocycles. The molecule has 4 rings (SSSR count). The Kier molecular flexibility index (Phi) is 7.21. The number of carbonyl (C=O) groups excluding carboxylic acids is 2. The number of rotatable bonds is 8. The number of hydrogen-bond donors (Lipinski definition) is 1. The number of aromatic nitrogens is 2. The monoisotopic (exact) mass is 479 g/mol. The van der Waals surface area contributed by atoms with Crippen LogP contribution in [0.15, 0.2) is 69.6 Å². The zero-order valence-electron chi connectivity index (χ0n) is 18.0. The highest BCUT2D eigenvalue weighted by molar-refractivity contribution is 7.99. The minimum absolute atomic E-state index is 0.0518. The van der Waals surface area contributed by atoms with Crippen molar-refractivity contribution in [1.82, 2.24) is 10.2 Å². The second kappa shape index (κ2) is 10.5. The van der Waals surface area contributed by atoms with Crippen LogP contribution in [0.5, 0.6) is 0 Å². The van der Waals surface area contributed by atoms with E-state index in [1.54, 1.807) is 6.92 Å². The average Bonchev–Trinajstić information content (AvgIpc) is 3.46. The lowest BCUT2D eigenvalue weighted by molar-refractivity contribution is -0.113. The highest BCUT2D eigenvalue weighted by atomic mass is 32.2. The van der Waals surface area contributed by atoms with Gasteiger partial charge in [0.2, 0.25) is 11.8 Å². The molecule has 0 aliphatic carbocycles. The van der Waals surface area contributed by atoms with Gasteiger partial charge >= 0.3 is 5.97 Å². The van der Waals surface area contributed by atoms with Crippen LogP contribution in [0.2, 0.25) is 0 Å². The van der Waals surface area contributed by atoms with Crippen LogP contribution in [0.4, 0.5) is 5.00 Å². The molecule has 33 heavy (non-hydrogen) atoms. The molecule has 0 saturated heterocycles. The third-order valence-electron chi connectivity index (χ3n) is 4.72. The van der Waals surface area contributed by atoms with Gasteiger partial charge in [0.05, 0.1) is 12.4 Å². The van der Waals surface area contributed by atoms with Gasteiger partial charge in [-0.2, -0.15) is 0 Å². The molecule has 7 nitrogen and oxygen atoms in total. The molecule has 0 bridgehead atoms. The first kappa shape index (κ1) is 22.8. The van der Waals surface area contributed by atoms with Gasteiger partial charge in [-0.15, -0.1) is 21.5 Å². The van der Waals surface area contributed by atoms with E-state index in [2.05, 4.69) is 15.5 Å². The van der Waals surface area contributed by atoms with Gasteiger partial charge < -0.3 is 14.5 Å². The summed E-state index contributed by atoms with van der Waals surface area (Å²) in [6.07, 6.45) is 0. The molecule has 0 radical (unpaired) electrons. The van der Waals surface area contributed by atoms with E-state index in [4.69, 9.17) is 9.15 Å². The molecule has 0 spiro atoms. The molecule has 0 fully saturated rings. The van der Waals surface area contributed by atoms with Crippen LogP contribution in [-0.2, 0) is 9.53 Å². The van der Waals surface area contributed by atoms with Gasteiger partial charge in [-0.05, 0) is 31.0 Å². The van der Waals surface area contributed by atoms with E-state index in [0.29, 0.717) is 21.7 Å². The molecular formula is C24H21N3O4S2. The number of amides is 1. The number of thioether (sulfide) groups is 1. The molecule has 0 atom stereocenters. The van der Waals surface area contributed by atoms with Crippen LogP contribution in [0.1, 0.15) is 22.8 Å². The SMILES string of the molecule is CCOC(=O)c1c(-c2ccccc2)csc1NC(=O)CSc1nnc(-c2ccccc2C)o1. The van der Waals surface area contributed by atoms with Gasteiger partial charge in [-0.3, -0.25) is 4.79 Å². The van der Waals surface area contributed by atoms with Crippen LogP contribution in [0.3, 0.4) is 0 Å². The molecular weight excluding hydrogens is 458 g/mol. The summed E-state index contributed by atoms with van der Waals surface area (Å²) in [7, 11) is 0. The Morgan fingerprint density at radius 2 is 1.82 bits per heavy atom. The molecule has 0 aliphatic heterocycles. The summed E-state index contributed by atoms with van der Waals surface area (Å²) in [6.45, 7) is 3.95. The van der Waals surface area contributed by atoms with Crippen molar-refractivity contribution < 1.29 is 18.7 Å². The Hall–Kier alpha value is -3.43. The number of benzene rings is 2. The quantitative estimate of drug-likeness (QED) is 0.257. The highest BCUT2D eigenvalue weighted by Crippen LogP contribution is 2.36. The fraction of sp³-hybridized carbons (Fsp3) is 0.167. The first-order valence-corrected chi connectivity index (χ1v) is 12.1. The average molecular weight is 480 g/mol. The van der Waals surface area contributed by atoms with Crippen molar-refractivity contribution in [2.75, 3.05) is 17.7 Å². The van der Waals surface area contributed by atoms with Gasteiger partial charge in [0.25, 0.3) is 5.22 Å². The Morgan fingerprint density at radius 1 is 1.06 bits per heavy atom. The minimum Gasteiger partial charge on any atom is -0.462 e. The molecule has 4 aromatic rings. The predicted octanol–water partition coefficient (Wildman–Crippen LogP) is 5.68. The molecule has 0 aliphatic rings. The van der Waals surface area contributed by atoms with Crippen LogP contribution < -0.4 is 5.32 Å². The Morgan fingerprint density at radius 3 is 2.58 bits per heavy atom. The van der Waals surface area contributed by atoms with Gasteiger partial charge in [0, 0.05) is 16.5 Å². The molecule has 0 saturated carbocycles. The molecule has 2 aromatic carbocycles. The Labute approximate surface area is 199 Å². The maximum absolute atomic E-state index is 12.6. The van der Waals surface area contributed by atoms with Crippen LogP contribution in [0.25, 0.3) is 22.6 Å². The fourth-order valence-electron chi connectivity index (χ4n) is 3.17. The zero-order chi connectivity index (χ0) is 23.2. The van der Waals surface area contributed by atoms with Crippen molar-refractivity contribution in [1.29, 1.82) is 0 Å². The summed E-state index contributed by atoms with van der Waals surface area (Å²) < 4.78 is 10.9. The van der Waals surface area contributed by atoms with E-state index in [9.17, 15) is 9.59 Å². The van der Waals surface area contributed by atoms with Crippen LogP contribution in [-0.4, -0.2) is 34.4 Å². The summed E-state index contributed by atoms with van der Waals surface area (Å²) in [6, 6.07) is 17.2. The van der Waals surface area contributed by atoms with Gasteiger partial charge in [0.1, 0.15) is 10.6 Å². The third kappa shape index (κ3) is 5.32. The topological polar surface area (TPSA) is 94.3 Å². The zero-order valence-corrected chi connectivity index (χ0v) is 19.7. The number of nitrogens with one attached hydrogen (secondary N) is 1. The lowest BCUT2D eigenvalue weighted by Gasteiger charge is -2.08. The molecule has 1 N–H and O–H groups in total. The number of esters is 1. The maximum Gasteiger partial charge on any atom is 0.341 e. The van der Waals surface area contributed by atoms with E-state index in [0.717, 1.165) is 34.0 Å². The lowest BCUT2D eigenvalue weighted by atomic mass is 10.0. The van der Waals surface area contributed by atoms with Crippen molar-refractivity contribution in [2.24, 2.45) is 0 Å². The van der Waals surface area contributed by atoms with Crippen molar-refractivity contribution in [3.63, 3.8) is 0 Å². The number of anilines is 1. The van der Waals surface area contributed by atoms with Crippen molar-refractivity contribution in [3.8, 4) is 22.6 Å². The van der Waals surface area contributed by atoms with E-state index in [-0.39, 0.29) is 18.3 Å². The summed E-state index contributed by atoms with van der Waals surface area (Å²) >= 11 is 2.42. The predicted molar refractivity (Wildman–Crippen MR) is 130 cm³/mol. The van der Waals surface area contributed by atoms with Gasteiger partial charge in [0.15, 0.2) is 0 Å². The van der Waals surface area contributed by atoms with E-state index in [1.807, 2.05) is 66.9 Å². The van der Waals surface area contributed by atoms with Crippen molar-refractivity contribution in [3.05, 3.63) is 71.1 Å². The largest absolute Gasteiger partial charge is 0.462 e. The molecule has 1 amide bonds. The standard InChI is InChI=1S/C24H21N3O4S2/c1-3-30-23(29)20-18(16-10-5-4-6-11-16)13-32-22(20)25-19(28)14-33-24-27-26-21(31-24)17-12-8-7-9-15(17)2/h4-13H,3,14H2,1-2H3,(H,25,28). The number of hydrogen-bond acceptors (Lipinski definition) is 8. The van der Waals surface area contributed by atoms with E-state index < -0.39 is 5.97 Å². The summed E-state index contributed by atoms with van der Waals surface area (Å²) in [4.78, 5) is 25.3. The summed E-state index contributed by atoms with van der Waals surface area (Å²) in [5, 5.41) is 13.5. The summed E-state index contributed by atoms with van der Waals surface area (Å²) in [5.74, 6) is -0.301. The first-order chi connectivity index (χ1) is 16.1. The van der Waals surface area contributed by atoms with Crippen molar-refractivity contribution >= 4 is 40.0 Å². The van der Waals surface area contributed by atoms with Crippen LogP contribution >= 0.6 is 23.1 Å². The van der Waals surface area contributed by atoms with E-state index >= 15 is 0 Å². The van der Waals surface area contributed by atoms with Crippen molar-refractivity contribution in [2.45, 2.75) is 19.1 Å². The molecule has 9 heteroatoms. The van der Waals surface area contributed by atoms with Gasteiger partial charge in [-0.1, -0.05) is 60.3 Å². The smallest absolute Gasteiger partial charge is 0.341 e. The number of ether oxygens (including phenoxy) is 1. The minimum atomic E-state index is -0.472. The van der Waals surface area contributed by atoms with Gasteiger partial charge in [-0.25, -0.2) is 4.79 Å². The van der Waals surface area contributed by atoms with Crippen LogP contribution in [0, 0.1) is 6.92 Å². The molecule has 0 unspecified atom stereocenters. The molecule has 2 heterocycles. The number of aryl methyl sites for hydroxylation is 1. The maximum atomic E-state index is 12.6. The summed E-state index contributed by atoms with van der Waals surface area (Å²) in [5.41, 5.74) is 3.83. The lowest BCUT2D eigenvalue weighted by Crippen LogP contribution is -2.16. The highest BCUT2D eigenvalue weighted by Gasteiger charge is 2.23. The fourth-order valence-corrected chi connectivity index (χ4v) is 4.70. The third-order valence-corrected chi connectivity index (χ3v) is 6.43. The second-order valence-electron chi connectivity index (χ2n) is 6.96. The molecule has 168 valence electrons. The Balaban J connectivity index is 1.46.